The van der Waals surface area contributed by atoms with E-state index in [0.29, 0.717) is 5.92 Å². The van der Waals surface area contributed by atoms with Crippen LogP contribution in [0.3, 0.4) is 0 Å². The Morgan fingerprint density at radius 2 is 2.00 bits per heavy atom. The molecule has 1 N–H and O–H groups in total. The number of hydrogen-bond donors (Lipinski definition) is 1. The molecule has 1 aliphatic rings. The quantitative estimate of drug-likeness (QED) is 0.930. The lowest BCUT2D eigenvalue weighted by molar-refractivity contribution is 0.356. The summed E-state index contributed by atoms with van der Waals surface area (Å²) in [4.78, 5) is 0. The maximum absolute atomic E-state index is 5.55. The highest BCUT2D eigenvalue weighted by molar-refractivity contribution is 5.31. The number of rotatable bonds is 3. The van der Waals surface area contributed by atoms with Gasteiger partial charge in [0.05, 0.1) is 0 Å². The van der Waals surface area contributed by atoms with Crippen LogP contribution in [0.15, 0.2) is 34.9 Å². The molecule has 0 radical (unpaired) electrons. The van der Waals surface area contributed by atoms with Crippen molar-refractivity contribution >= 4 is 0 Å². The van der Waals surface area contributed by atoms with Crippen molar-refractivity contribution < 1.29 is 4.52 Å². The van der Waals surface area contributed by atoms with Gasteiger partial charge in [-0.3, -0.25) is 0 Å². The molecule has 0 fully saturated rings. The summed E-state index contributed by atoms with van der Waals surface area (Å²) in [7, 11) is 0. The second-order valence-electron chi connectivity index (χ2n) is 6.98. The topological polar surface area (TPSA) is 38.1 Å². The molecule has 21 heavy (non-hydrogen) atoms. The highest BCUT2D eigenvalue weighted by atomic mass is 16.5. The van der Waals surface area contributed by atoms with E-state index in [0.717, 1.165) is 37.3 Å². The average Bonchev–Trinajstić information content (AvgIpc) is 2.87. The summed E-state index contributed by atoms with van der Waals surface area (Å²) in [6, 6.07) is 10.8. The lowest BCUT2D eigenvalue weighted by atomic mass is 9.82. The molecule has 3 rings (SSSR count). The summed E-state index contributed by atoms with van der Waals surface area (Å²) < 4.78 is 5.55. The molecular weight excluding hydrogens is 260 g/mol. The molecule has 1 aromatic carbocycles. The van der Waals surface area contributed by atoms with E-state index >= 15 is 0 Å². The zero-order valence-corrected chi connectivity index (χ0v) is 13.1. The molecule has 1 aliphatic carbocycles. The van der Waals surface area contributed by atoms with E-state index in [1.807, 2.05) is 0 Å². The molecule has 1 unspecified atom stereocenters. The Morgan fingerprint density at radius 1 is 1.24 bits per heavy atom. The van der Waals surface area contributed by atoms with Gasteiger partial charge in [-0.1, -0.05) is 35.5 Å². The molecule has 3 heteroatoms. The molecule has 1 atom stereocenters. The van der Waals surface area contributed by atoms with Gasteiger partial charge in [0.15, 0.2) is 0 Å². The van der Waals surface area contributed by atoms with Crippen molar-refractivity contribution in [1.82, 2.24) is 10.5 Å². The van der Waals surface area contributed by atoms with Crippen LogP contribution in [0.25, 0.3) is 0 Å². The number of hydrogen-bond acceptors (Lipinski definition) is 3. The Labute approximate surface area is 126 Å². The van der Waals surface area contributed by atoms with Crippen molar-refractivity contribution in [2.75, 3.05) is 0 Å². The van der Waals surface area contributed by atoms with Crippen molar-refractivity contribution in [2.24, 2.45) is 0 Å². The van der Waals surface area contributed by atoms with Gasteiger partial charge < -0.3 is 9.84 Å². The van der Waals surface area contributed by atoms with Gasteiger partial charge >= 0.3 is 0 Å². The van der Waals surface area contributed by atoms with E-state index in [1.54, 1.807) is 0 Å². The first-order chi connectivity index (χ1) is 10.0. The fourth-order valence-corrected chi connectivity index (χ4v) is 2.96. The van der Waals surface area contributed by atoms with Gasteiger partial charge in [-0.25, -0.2) is 0 Å². The molecule has 0 spiro atoms. The maximum Gasteiger partial charge on any atom is 0.140 e. The van der Waals surface area contributed by atoms with E-state index in [2.05, 4.69) is 61.6 Å². The lowest BCUT2D eigenvalue weighted by Crippen LogP contribution is -2.35. The fourth-order valence-electron chi connectivity index (χ4n) is 2.96. The van der Waals surface area contributed by atoms with Crippen LogP contribution in [0.2, 0.25) is 0 Å². The molecule has 0 saturated heterocycles. The molecule has 1 aromatic heterocycles. The predicted octanol–water partition coefficient (Wildman–Crippen LogP) is 3.84. The number of nitrogens with one attached hydrogen (secondary N) is 1. The number of benzene rings is 1. The largest absolute Gasteiger partial charge is 0.361 e. The molecule has 0 aliphatic heterocycles. The third-order valence-electron chi connectivity index (χ3n) is 4.18. The minimum Gasteiger partial charge on any atom is -0.361 e. The SMILES string of the molecule is CC(C)(C)NCc1noc2c1CC(c1ccccc1)CC2. The molecular formula is C18H24N2O. The summed E-state index contributed by atoms with van der Waals surface area (Å²) in [5.74, 6) is 1.68. The first-order valence-electron chi connectivity index (χ1n) is 7.79. The smallest absolute Gasteiger partial charge is 0.140 e. The lowest BCUT2D eigenvalue weighted by Gasteiger charge is -2.23. The van der Waals surface area contributed by atoms with Gasteiger partial charge in [0.1, 0.15) is 11.5 Å². The second kappa shape index (κ2) is 5.64. The maximum atomic E-state index is 5.55. The molecule has 112 valence electrons. The predicted molar refractivity (Wildman–Crippen MR) is 84.3 cm³/mol. The number of fused-ring (bicyclic) bond motifs is 1. The van der Waals surface area contributed by atoms with Crippen molar-refractivity contribution in [1.29, 1.82) is 0 Å². The number of nitrogens with zero attached hydrogens (tertiary/aromatic N) is 1. The second-order valence-corrected chi connectivity index (χ2v) is 6.98. The van der Waals surface area contributed by atoms with Gasteiger partial charge in [0.25, 0.3) is 0 Å². The normalized spacial score (nSPS) is 18.5. The Morgan fingerprint density at radius 3 is 2.71 bits per heavy atom. The summed E-state index contributed by atoms with van der Waals surface area (Å²) in [6.45, 7) is 7.30. The molecule has 2 aromatic rings. The summed E-state index contributed by atoms with van der Waals surface area (Å²) in [5, 5.41) is 7.80. The van der Waals surface area contributed by atoms with Crippen LogP contribution < -0.4 is 5.32 Å². The third-order valence-corrected chi connectivity index (χ3v) is 4.18. The van der Waals surface area contributed by atoms with Crippen LogP contribution >= 0.6 is 0 Å². The average molecular weight is 284 g/mol. The summed E-state index contributed by atoms with van der Waals surface area (Å²) >= 11 is 0. The van der Waals surface area contributed by atoms with Crippen LogP contribution in [-0.4, -0.2) is 10.7 Å². The van der Waals surface area contributed by atoms with Crippen molar-refractivity contribution in [3.8, 4) is 0 Å². The monoisotopic (exact) mass is 284 g/mol. The van der Waals surface area contributed by atoms with Gasteiger partial charge in [0, 0.05) is 24.1 Å². The van der Waals surface area contributed by atoms with E-state index in [4.69, 9.17) is 4.52 Å². The highest BCUT2D eigenvalue weighted by Crippen LogP contribution is 2.34. The zero-order chi connectivity index (χ0) is 14.9. The molecule has 1 heterocycles. The first-order valence-corrected chi connectivity index (χ1v) is 7.79. The Kier molecular flexibility index (Phi) is 3.85. The molecule has 0 bridgehead atoms. The Bertz CT molecular complexity index is 595. The van der Waals surface area contributed by atoms with E-state index in [9.17, 15) is 0 Å². The highest BCUT2D eigenvalue weighted by Gasteiger charge is 2.26. The molecule has 0 amide bonds. The summed E-state index contributed by atoms with van der Waals surface area (Å²) in [5.41, 5.74) is 3.94. The van der Waals surface area contributed by atoms with Crippen LogP contribution in [0.1, 0.15) is 55.7 Å². The van der Waals surface area contributed by atoms with E-state index < -0.39 is 0 Å². The van der Waals surface area contributed by atoms with Gasteiger partial charge in [-0.15, -0.1) is 0 Å². The van der Waals surface area contributed by atoms with Gasteiger partial charge in [0.2, 0.25) is 0 Å². The van der Waals surface area contributed by atoms with Crippen LogP contribution in [-0.2, 0) is 19.4 Å². The zero-order valence-electron chi connectivity index (χ0n) is 13.1. The Balaban J connectivity index is 1.77. The van der Waals surface area contributed by atoms with Crippen LogP contribution in [0, 0.1) is 0 Å². The number of aromatic nitrogens is 1. The van der Waals surface area contributed by atoms with Crippen molar-refractivity contribution in [2.45, 2.75) is 58.0 Å². The van der Waals surface area contributed by atoms with Gasteiger partial charge in [-0.2, -0.15) is 0 Å². The van der Waals surface area contributed by atoms with Crippen LogP contribution in [0.4, 0.5) is 0 Å². The van der Waals surface area contributed by atoms with Crippen molar-refractivity contribution in [3.63, 3.8) is 0 Å². The molecule has 3 nitrogen and oxygen atoms in total. The number of aryl methyl sites for hydroxylation is 1. The van der Waals surface area contributed by atoms with Crippen LogP contribution in [0.5, 0.6) is 0 Å². The first kappa shape index (κ1) is 14.3. The fraction of sp³-hybridized carbons (Fsp3) is 0.500. The Hall–Kier alpha value is -1.61. The van der Waals surface area contributed by atoms with Gasteiger partial charge in [-0.05, 0) is 45.1 Å². The van der Waals surface area contributed by atoms with Crippen molar-refractivity contribution in [3.05, 3.63) is 52.9 Å². The third kappa shape index (κ3) is 3.35. The summed E-state index contributed by atoms with van der Waals surface area (Å²) in [6.07, 6.45) is 3.19. The van der Waals surface area contributed by atoms with E-state index in [-0.39, 0.29) is 5.54 Å². The minimum absolute atomic E-state index is 0.0966. The molecule has 0 saturated carbocycles. The minimum atomic E-state index is 0.0966. The standard InChI is InChI=1S/C18H24N2O/c1-18(2,3)19-12-16-15-11-14(9-10-17(15)21-20-16)13-7-5-4-6-8-13/h4-8,14,19H,9-12H2,1-3H3. The van der Waals surface area contributed by atoms with E-state index in [1.165, 1.54) is 11.1 Å².